The molecule has 2 heterocycles. The van der Waals surface area contributed by atoms with Crippen molar-refractivity contribution in [2.24, 2.45) is 0 Å². The molecule has 0 spiro atoms. The van der Waals surface area contributed by atoms with Crippen molar-refractivity contribution in [3.05, 3.63) is 46.5 Å². The summed E-state index contributed by atoms with van der Waals surface area (Å²) in [7, 11) is 0. The molecule has 0 aliphatic carbocycles. The molecule has 1 aromatic heterocycles. The number of nitrogens with one attached hydrogen (secondary N) is 1. The first-order valence-corrected chi connectivity index (χ1v) is 8.18. The Kier molecular flexibility index (Phi) is 4.98. The number of ether oxygens (including phenoxy) is 1. The molecule has 6 nitrogen and oxygen atoms in total. The van der Waals surface area contributed by atoms with Gasteiger partial charge in [-0.1, -0.05) is 6.07 Å². The number of amides is 1. The zero-order chi connectivity index (χ0) is 16.1. The van der Waals surface area contributed by atoms with Crippen LogP contribution in [0, 0.1) is 11.3 Å². The molecular formula is C16H16N4O2S. The molecule has 7 heteroatoms. The highest BCUT2D eigenvalue weighted by Gasteiger charge is 2.14. The van der Waals surface area contributed by atoms with Gasteiger partial charge in [-0.15, -0.1) is 11.3 Å². The van der Waals surface area contributed by atoms with Gasteiger partial charge in [-0.2, -0.15) is 5.26 Å². The molecule has 3 rings (SSSR count). The second-order valence-electron chi connectivity index (χ2n) is 5.18. The summed E-state index contributed by atoms with van der Waals surface area (Å²) < 4.78 is 5.32. The number of carbonyl (C=O) groups excluding carboxylic acids is 1. The van der Waals surface area contributed by atoms with Crippen molar-refractivity contribution in [2.75, 3.05) is 31.6 Å². The molecule has 1 aliphatic heterocycles. The Morgan fingerprint density at radius 3 is 3.04 bits per heavy atom. The maximum absolute atomic E-state index is 12.2. The van der Waals surface area contributed by atoms with Crippen molar-refractivity contribution in [3.8, 4) is 6.07 Å². The minimum absolute atomic E-state index is 0.255. The van der Waals surface area contributed by atoms with Gasteiger partial charge in [-0.05, 0) is 18.2 Å². The first-order valence-electron chi connectivity index (χ1n) is 7.30. The minimum atomic E-state index is -0.255. The number of nitrogens with zero attached hydrogens (tertiary/aromatic N) is 3. The van der Waals surface area contributed by atoms with E-state index in [9.17, 15) is 4.79 Å². The van der Waals surface area contributed by atoms with Crippen LogP contribution in [0.15, 0.2) is 29.6 Å². The minimum Gasteiger partial charge on any atom is -0.379 e. The first kappa shape index (κ1) is 15.6. The van der Waals surface area contributed by atoms with Crippen LogP contribution < -0.4 is 5.32 Å². The van der Waals surface area contributed by atoms with Gasteiger partial charge in [0.25, 0.3) is 5.91 Å². The van der Waals surface area contributed by atoms with Crippen LogP contribution in [-0.4, -0.2) is 42.1 Å². The largest absolute Gasteiger partial charge is 0.379 e. The molecule has 2 aromatic rings. The van der Waals surface area contributed by atoms with E-state index in [-0.39, 0.29) is 5.91 Å². The average Bonchev–Trinajstić information content (AvgIpc) is 3.02. The molecule has 23 heavy (non-hydrogen) atoms. The summed E-state index contributed by atoms with van der Waals surface area (Å²) in [6, 6.07) is 8.63. The Balaban J connectivity index is 1.61. The highest BCUT2D eigenvalue weighted by molar-refractivity contribution is 7.13. The number of aromatic nitrogens is 1. The van der Waals surface area contributed by atoms with Crippen LogP contribution in [0.25, 0.3) is 0 Å². The van der Waals surface area contributed by atoms with Gasteiger partial charge in [-0.3, -0.25) is 15.0 Å². The van der Waals surface area contributed by atoms with Crippen LogP contribution in [0.2, 0.25) is 0 Å². The van der Waals surface area contributed by atoms with Crippen molar-refractivity contribution < 1.29 is 9.53 Å². The molecule has 0 unspecified atom stereocenters. The third-order valence-corrected chi connectivity index (χ3v) is 4.32. The summed E-state index contributed by atoms with van der Waals surface area (Å²) in [5.74, 6) is -0.255. The van der Waals surface area contributed by atoms with Gasteiger partial charge in [0.2, 0.25) is 0 Å². The lowest BCUT2D eigenvalue weighted by atomic mass is 10.1. The molecule has 1 amide bonds. The number of thiazole rings is 1. The zero-order valence-electron chi connectivity index (χ0n) is 12.5. The van der Waals surface area contributed by atoms with Crippen LogP contribution >= 0.6 is 11.3 Å². The van der Waals surface area contributed by atoms with Gasteiger partial charge in [0.05, 0.1) is 30.5 Å². The smallest absolute Gasteiger partial charge is 0.257 e. The topological polar surface area (TPSA) is 78.2 Å². The average molecular weight is 328 g/mol. The number of anilines is 1. The van der Waals surface area contributed by atoms with Gasteiger partial charge in [-0.25, -0.2) is 4.98 Å². The number of hydrogen-bond donors (Lipinski definition) is 1. The van der Waals surface area contributed by atoms with Crippen LogP contribution in [-0.2, 0) is 11.3 Å². The lowest BCUT2D eigenvalue weighted by Crippen LogP contribution is -2.35. The summed E-state index contributed by atoms with van der Waals surface area (Å²) in [6.45, 7) is 4.08. The lowest BCUT2D eigenvalue weighted by molar-refractivity contribution is 0.0337. The number of benzene rings is 1. The number of rotatable bonds is 4. The van der Waals surface area contributed by atoms with Gasteiger partial charge in [0.15, 0.2) is 5.13 Å². The van der Waals surface area contributed by atoms with Crippen LogP contribution in [0.4, 0.5) is 5.13 Å². The van der Waals surface area contributed by atoms with E-state index in [0.717, 1.165) is 38.5 Å². The fourth-order valence-electron chi connectivity index (χ4n) is 2.32. The van der Waals surface area contributed by atoms with E-state index in [2.05, 4.69) is 15.2 Å². The maximum atomic E-state index is 12.2. The standard InChI is InChI=1S/C16H16N4O2S/c17-9-12-2-1-3-13(8-12)15(21)19-16-18-14(11-23-16)10-20-4-6-22-7-5-20/h1-3,8,11H,4-7,10H2,(H,18,19,21). The van der Waals surface area contributed by atoms with E-state index in [1.54, 1.807) is 24.3 Å². The van der Waals surface area contributed by atoms with E-state index >= 15 is 0 Å². The van der Waals surface area contributed by atoms with Crippen molar-refractivity contribution >= 4 is 22.4 Å². The summed E-state index contributed by atoms with van der Waals surface area (Å²) in [4.78, 5) is 18.9. The van der Waals surface area contributed by atoms with E-state index in [1.165, 1.54) is 11.3 Å². The Morgan fingerprint density at radius 2 is 2.26 bits per heavy atom. The van der Waals surface area contributed by atoms with Crippen LogP contribution in [0.5, 0.6) is 0 Å². The van der Waals surface area contributed by atoms with Gasteiger partial charge < -0.3 is 4.74 Å². The second-order valence-corrected chi connectivity index (χ2v) is 6.04. The summed E-state index contributed by atoms with van der Waals surface area (Å²) in [5, 5.41) is 14.2. The lowest BCUT2D eigenvalue weighted by Gasteiger charge is -2.25. The summed E-state index contributed by atoms with van der Waals surface area (Å²) in [6.07, 6.45) is 0. The molecular weight excluding hydrogens is 312 g/mol. The predicted octanol–water partition coefficient (Wildman–Crippen LogP) is 2.10. The fourth-order valence-corrected chi connectivity index (χ4v) is 3.02. The fraction of sp³-hybridized carbons (Fsp3) is 0.312. The van der Waals surface area contributed by atoms with E-state index < -0.39 is 0 Å². The Morgan fingerprint density at radius 1 is 1.43 bits per heavy atom. The van der Waals surface area contributed by atoms with Gasteiger partial charge >= 0.3 is 0 Å². The Hall–Kier alpha value is -2.27. The highest BCUT2D eigenvalue weighted by atomic mass is 32.1. The molecule has 0 saturated carbocycles. The number of carbonyl (C=O) groups is 1. The van der Waals surface area contributed by atoms with Crippen molar-refractivity contribution in [1.29, 1.82) is 5.26 Å². The van der Waals surface area contributed by atoms with Crippen molar-refractivity contribution in [3.63, 3.8) is 0 Å². The second kappa shape index (κ2) is 7.33. The molecule has 1 N–H and O–H groups in total. The quantitative estimate of drug-likeness (QED) is 0.930. The first-order chi connectivity index (χ1) is 11.2. The monoisotopic (exact) mass is 328 g/mol. The third-order valence-electron chi connectivity index (χ3n) is 3.52. The molecule has 0 bridgehead atoms. The SMILES string of the molecule is N#Cc1cccc(C(=O)Nc2nc(CN3CCOCC3)cs2)c1. The summed E-state index contributed by atoms with van der Waals surface area (Å²) >= 11 is 1.41. The highest BCUT2D eigenvalue weighted by Crippen LogP contribution is 2.18. The van der Waals surface area contributed by atoms with Gasteiger partial charge in [0.1, 0.15) is 0 Å². The summed E-state index contributed by atoms with van der Waals surface area (Å²) in [5.41, 5.74) is 1.86. The molecule has 118 valence electrons. The molecule has 0 atom stereocenters. The van der Waals surface area contributed by atoms with E-state index in [1.807, 2.05) is 11.4 Å². The number of nitriles is 1. The molecule has 1 saturated heterocycles. The predicted molar refractivity (Wildman–Crippen MR) is 87.3 cm³/mol. The third kappa shape index (κ3) is 4.13. The number of morpholine rings is 1. The zero-order valence-corrected chi connectivity index (χ0v) is 13.3. The molecule has 1 fully saturated rings. The van der Waals surface area contributed by atoms with Crippen molar-refractivity contribution in [2.45, 2.75) is 6.54 Å². The van der Waals surface area contributed by atoms with E-state index in [0.29, 0.717) is 16.3 Å². The molecule has 1 aromatic carbocycles. The van der Waals surface area contributed by atoms with Crippen LogP contribution in [0.3, 0.4) is 0 Å². The number of hydrogen-bond acceptors (Lipinski definition) is 6. The van der Waals surface area contributed by atoms with Gasteiger partial charge in [0, 0.05) is 30.6 Å². The maximum Gasteiger partial charge on any atom is 0.257 e. The molecule has 1 aliphatic rings. The normalized spacial score (nSPS) is 15.1. The molecule has 0 radical (unpaired) electrons. The Labute approximate surface area is 138 Å². The Bertz CT molecular complexity index is 732. The van der Waals surface area contributed by atoms with Crippen LogP contribution in [0.1, 0.15) is 21.6 Å². The van der Waals surface area contributed by atoms with Crippen molar-refractivity contribution in [1.82, 2.24) is 9.88 Å². The van der Waals surface area contributed by atoms with E-state index in [4.69, 9.17) is 10.00 Å².